The minimum atomic E-state index is -0.00143. The van der Waals surface area contributed by atoms with Gasteiger partial charge in [-0.15, -0.1) is 0 Å². The Morgan fingerprint density at radius 2 is 1.72 bits per heavy atom. The Balaban J connectivity index is 1.51. The first-order valence-corrected chi connectivity index (χ1v) is 8.92. The van der Waals surface area contributed by atoms with E-state index in [2.05, 4.69) is 55.3 Å². The number of carbonyl (C=O) groups is 1. The van der Waals surface area contributed by atoms with Gasteiger partial charge in [0, 0.05) is 38.4 Å². The molecule has 0 bridgehead atoms. The highest BCUT2D eigenvalue weighted by Crippen LogP contribution is 2.16. The summed E-state index contributed by atoms with van der Waals surface area (Å²) < 4.78 is 0. The average Bonchev–Trinajstić information content (AvgIpc) is 2.59. The van der Waals surface area contributed by atoms with Crippen molar-refractivity contribution >= 4 is 11.7 Å². The average molecular weight is 337 g/mol. The highest BCUT2D eigenvalue weighted by atomic mass is 16.2. The highest BCUT2D eigenvalue weighted by Gasteiger charge is 2.21. The molecule has 0 atom stereocenters. The second kappa shape index (κ2) is 7.70. The summed E-state index contributed by atoms with van der Waals surface area (Å²) >= 11 is 0. The second-order valence-corrected chi connectivity index (χ2v) is 6.98. The van der Waals surface area contributed by atoms with Gasteiger partial charge >= 0.3 is 6.03 Å². The number of hydrogen-bond donors (Lipinski definition) is 1. The van der Waals surface area contributed by atoms with Crippen molar-refractivity contribution in [3.63, 3.8) is 0 Å². The summed E-state index contributed by atoms with van der Waals surface area (Å²) in [5.41, 5.74) is 5.94. The molecule has 1 aliphatic rings. The largest absolute Gasteiger partial charge is 0.322 e. The molecule has 3 rings (SSSR count). The molecule has 1 aliphatic heterocycles. The zero-order chi connectivity index (χ0) is 17.8. The summed E-state index contributed by atoms with van der Waals surface area (Å²) in [5, 5.41) is 3.02. The molecule has 4 heteroatoms. The molecule has 1 saturated heterocycles. The maximum atomic E-state index is 12.5. The van der Waals surface area contributed by atoms with Crippen LogP contribution in [-0.4, -0.2) is 42.0 Å². The number of urea groups is 1. The number of anilines is 1. The molecule has 1 heterocycles. The van der Waals surface area contributed by atoms with Crippen molar-refractivity contribution in [2.24, 2.45) is 0 Å². The lowest BCUT2D eigenvalue weighted by atomic mass is 10.1. The van der Waals surface area contributed by atoms with E-state index >= 15 is 0 Å². The summed E-state index contributed by atoms with van der Waals surface area (Å²) in [4.78, 5) is 16.8. The highest BCUT2D eigenvalue weighted by molar-refractivity contribution is 5.89. The fourth-order valence-corrected chi connectivity index (χ4v) is 3.20. The SMILES string of the molecule is Cc1cccc(CN2CCN(C(=O)Nc3ccc(C)c(C)c3)CC2)c1. The molecular weight excluding hydrogens is 310 g/mol. The Bertz CT molecular complexity index is 749. The van der Waals surface area contributed by atoms with Crippen LogP contribution in [0.25, 0.3) is 0 Å². The molecule has 1 N–H and O–H groups in total. The molecule has 0 radical (unpaired) electrons. The number of amides is 2. The Morgan fingerprint density at radius 3 is 2.40 bits per heavy atom. The Morgan fingerprint density at radius 1 is 0.960 bits per heavy atom. The monoisotopic (exact) mass is 337 g/mol. The van der Waals surface area contributed by atoms with Crippen LogP contribution < -0.4 is 5.32 Å². The Labute approximate surface area is 150 Å². The van der Waals surface area contributed by atoms with Gasteiger partial charge in [-0.2, -0.15) is 0 Å². The lowest BCUT2D eigenvalue weighted by Gasteiger charge is -2.34. The van der Waals surface area contributed by atoms with E-state index in [4.69, 9.17) is 0 Å². The number of carbonyl (C=O) groups excluding carboxylic acids is 1. The summed E-state index contributed by atoms with van der Waals surface area (Å²) in [6.07, 6.45) is 0. The maximum Gasteiger partial charge on any atom is 0.321 e. The first-order chi connectivity index (χ1) is 12.0. The third-order valence-corrected chi connectivity index (χ3v) is 4.91. The van der Waals surface area contributed by atoms with Crippen LogP contribution in [0.5, 0.6) is 0 Å². The van der Waals surface area contributed by atoms with Crippen LogP contribution in [0, 0.1) is 20.8 Å². The minimum absolute atomic E-state index is 0.00143. The molecule has 2 amide bonds. The molecule has 0 aliphatic carbocycles. The third kappa shape index (κ3) is 4.60. The molecule has 25 heavy (non-hydrogen) atoms. The molecular formula is C21H27N3O. The molecule has 2 aromatic carbocycles. The van der Waals surface area contributed by atoms with Crippen LogP contribution in [0.4, 0.5) is 10.5 Å². The quantitative estimate of drug-likeness (QED) is 0.920. The van der Waals surface area contributed by atoms with Crippen molar-refractivity contribution in [1.29, 1.82) is 0 Å². The smallest absolute Gasteiger partial charge is 0.321 e. The van der Waals surface area contributed by atoms with E-state index < -0.39 is 0 Å². The van der Waals surface area contributed by atoms with Gasteiger partial charge in [-0.3, -0.25) is 4.90 Å². The standard InChI is InChI=1S/C21H27N3O/c1-16-5-4-6-19(13-16)15-23-9-11-24(12-10-23)21(25)22-20-8-7-17(2)18(3)14-20/h4-8,13-14H,9-12,15H2,1-3H3,(H,22,25). The predicted octanol–water partition coefficient (Wildman–Crippen LogP) is 3.96. The number of nitrogens with one attached hydrogen (secondary N) is 1. The van der Waals surface area contributed by atoms with Gasteiger partial charge in [-0.1, -0.05) is 35.9 Å². The lowest BCUT2D eigenvalue weighted by molar-refractivity contribution is 0.143. The number of hydrogen-bond acceptors (Lipinski definition) is 2. The van der Waals surface area contributed by atoms with Crippen LogP contribution in [-0.2, 0) is 6.54 Å². The molecule has 0 unspecified atom stereocenters. The van der Waals surface area contributed by atoms with E-state index in [-0.39, 0.29) is 6.03 Å². The van der Waals surface area contributed by atoms with Crippen molar-refractivity contribution in [3.8, 4) is 0 Å². The van der Waals surface area contributed by atoms with Gasteiger partial charge in [-0.05, 0) is 49.6 Å². The summed E-state index contributed by atoms with van der Waals surface area (Å²) in [5.74, 6) is 0. The van der Waals surface area contributed by atoms with Gasteiger partial charge in [0.05, 0.1) is 0 Å². The van der Waals surface area contributed by atoms with E-state index in [1.54, 1.807) is 0 Å². The van der Waals surface area contributed by atoms with Gasteiger partial charge in [-0.25, -0.2) is 4.79 Å². The fraction of sp³-hybridized carbons (Fsp3) is 0.381. The molecule has 0 spiro atoms. The summed E-state index contributed by atoms with van der Waals surface area (Å²) in [6.45, 7) is 10.6. The van der Waals surface area contributed by atoms with E-state index in [0.29, 0.717) is 0 Å². The van der Waals surface area contributed by atoms with Gasteiger partial charge in [0.25, 0.3) is 0 Å². The van der Waals surface area contributed by atoms with E-state index in [1.165, 1.54) is 22.3 Å². The van der Waals surface area contributed by atoms with E-state index in [9.17, 15) is 4.79 Å². The zero-order valence-electron chi connectivity index (χ0n) is 15.4. The van der Waals surface area contributed by atoms with Crippen LogP contribution in [0.1, 0.15) is 22.3 Å². The number of benzene rings is 2. The van der Waals surface area contributed by atoms with Crippen LogP contribution in [0.2, 0.25) is 0 Å². The molecule has 4 nitrogen and oxygen atoms in total. The normalized spacial score (nSPS) is 15.2. The zero-order valence-corrected chi connectivity index (χ0v) is 15.4. The van der Waals surface area contributed by atoms with Crippen molar-refractivity contribution in [1.82, 2.24) is 9.80 Å². The number of piperazine rings is 1. The minimum Gasteiger partial charge on any atom is -0.322 e. The van der Waals surface area contributed by atoms with Crippen molar-refractivity contribution in [2.45, 2.75) is 27.3 Å². The third-order valence-electron chi connectivity index (χ3n) is 4.91. The van der Waals surface area contributed by atoms with Gasteiger partial charge in [0.15, 0.2) is 0 Å². The number of rotatable bonds is 3. The van der Waals surface area contributed by atoms with E-state index in [1.807, 2.05) is 23.1 Å². The van der Waals surface area contributed by atoms with Crippen LogP contribution in [0.3, 0.4) is 0 Å². The molecule has 0 saturated carbocycles. The van der Waals surface area contributed by atoms with Gasteiger partial charge < -0.3 is 10.2 Å². The van der Waals surface area contributed by atoms with E-state index in [0.717, 1.165) is 38.4 Å². The first kappa shape index (κ1) is 17.5. The molecule has 1 fully saturated rings. The number of nitrogens with zero attached hydrogens (tertiary/aromatic N) is 2. The number of aryl methyl sites for hydroxylation is 3. The van der Waals surface area contributed by atoms with Crippen LogP contribution >= 0.6 is 0 Å². The second-order valence-electron chi connectivity index (χ2n) is 6.98. The van der Waals surface area contributed by atoms with Gasteiger partial charge in [0.2, 0.25) is 0 Å². The van der Waals surface area contributed by atoms with Crippen molar-refractivity contribution < 1.29 is 4.79 Å². The topological polar surface area (TPSA) is 35.6 Å². The first-order valence-electron chi connectivity index (χ1n) is 8.92. The fourth-order valence-electron chi connectivity index (χ4n) is 3.20. The lowest BCUT2D eigenvalue weighted by Crippen LogP contribution is -2.49. The van der Waals surface area contributed by atoms with Crippen molar-refractivity contribution in [3.05, 3.63) is 64.7 Å². The summed E-state index contributed by atoms with van der Waals surface area (Å²) in [7, 11) is 0. The predicted molar refractivity (Wildman–Crippen MR) is 103 cm³/mol. The molecule has 132 valence electrons. The van der Waals surface area contributed by atoms with Crippen molar-refractivity contribution in [2.75, 3.05) is 31.5 Å². The van der Waals surface area contributed by atoms with Gasteiger partial charge in [0.1, 0.15) is 0 Å². The summed E-state index contributed by atoms with van der Waals surface area (Å²) in [6, 6.07) is 14.7. The maximum absolute atomic E-state index is 12.5. The Hall–Kier alpha value is -2.33. The molecule has 0 aromatic heterocycles. The molecule has 2 aromatic rings. The van der Waals surface area contributed by atoms with Crippen LogP contribution in [0.15, 0.2) is 42.5 Å². The Kier molecular flexibility index (Phi) is 5.39.